The minimum Gasteiger partial charge on any atom is -0.376 e. The number of anilines is 1. The second kappa shape index (κ2) is 7.67. The predicted molar refractivity (Wildman–Crippen MR) is 85.5 cm³/mol. The zero-order valence-electron chi connectivity index (χ0n) is 13.2. The fraction of sp³-hybridized carbons (Fsp3) is 0.500. The molecular formula is C16H25N3O2. The quantitative estimate of drug-likeness (QED) is 0.781. The van der Waals surface area contributed by atoms with Gasteiger partial charge in [-0.3, -0.25) is 10.1 Å². The molecule has 0 unspecified atom stereocenters. The third kappa shape index (κ3) is 5.85. The molecule has 0 spiro atoms. The van der Waals surface area contributed by atoms with Crippen LogP contribution in [0.4, 0.5) is 10.5 Å². The fourth-order valence-electron chi connectivity index (χ4n) is 1.92. The molecule has 3 amide bonds. The molecular weight excluding hydrogens is 266 g/mol. The summed E-state index contributed by atoms with van der Waals surface area (Å²) in [6.45, 7) is 8.92. The molecule has 0 aliphatic heterocycles. The van der Waals surface area contributed by atoms with Crippen LogP contribution in [0.2, 0.25) is 0 Å². The van der Waals surface area contributed by atoms with Crippen LogP contribution >= 0.6 is 0 Å². The van der Waals surface area contributed by atoms with Gasteiger partial charge in [-0.2, -0.15) is 0 Å². The zero-order chi connectivity index (χ0) is 15.9. The number of hydrogen-bond acceptors (Lipinski definition) is 3. The second-order valence-corrected chi connectivity index (χ2v) is 5.95. The van der Waals surface area contributed by atoms with Gasteiger partial charge in [-0.1, -0.05) is 45.9 Å². The van der Waals surface area contributed by atoms with E-state index < -0.39 is 6.03 Å². The van der Waals surface area contributed by atoms with Crippen molar-refractivity contribution in [2.45, 2.75) is 39.5 Å². The first-order chi connectivity index (χ1) is 9.84. The summed E-state index contributed by atoms with van der Waals surface area (Å²) < 4.78 is 0. The van der Waals surface area contributed by atoms with Gasteiger partial charge < -0.3 is 10.6 Å². The topological polar surface area (TPSA) is 70.2 Å². The molecule has 0 saturated carbocycles. The summed E-state index contributed by atoms with van der Waals surface area (Å²) in [6, 6.07) is 7.42. The molecule has 5 heteroatoms. The highest BCUT2D eigenvalue weighted by Crippen LogP contribution is 2.28. The third-order valence-electron chi connectivity index (χ3n) is 2.96. The Hall–Kier alpha value is -2.04. The number of carbonyl (C=O) groups is 2. The van der Waals surface area contributed by atoms with E-state index in [0.717, 1.165) is 17.7 Å². The molecule has 0 aliphatic rings. The molecule has 116 valence electrons. The first-order valence-electron chi connectivity index (χ1n) is 7.25. The number of benzene rings is 1. The number of urea groups is 1. The summed E-state index contributed by atoms with van der Waals surface area (Å²) in [4.78, 5) is 23.1. The lowest BCUT2D eigenvalue weighted by molar-refractivity contribution is -0.118. The Labute approximate surface area is 126 Å². The Kier molecular flexibility index (Phi) is 6.21. The van der Waals surface area contributed by atoms with Gasteiger partial charge in [0, 0.05) is 12.2 Å². The Bertz CT molecular complexity index is 493. The van der Waals surface area contributed by atoms with E-state index in [1.165, 1.54) is 0 Å². The third-order valence-corrected chi connectivity index (χ3v) is 2.96. The molecule has 1 aromatic rings. The van der Waals surface area contributed by atoms with Crippen molar-refractivity contribution < 1.29 is 9.59 Å². The number of para-hydroxylation sites is 1. The maximum atomic E-state index is 11.7. The summed E-state index contributed by atoms with van der Waals surface area (Å²) in [5.74, 6) is -0.354. The van der Waals surface area contributed by atoms with Crippen molar-refractivity contribution in [3.63, 3.8) is 0 Å². The van der Waals surface area contributed by atoms with E-state index in [-0.39, 0.29) is 17.9 Å². The van der Waals surface area contributed by atoms with Crippen LogP contribution in [-0.2, 0) is 10.2 Å². The Balaban J connectivity index is 2.56. The summed E-state index contributed by atoms with van der Waals surface area (Å²) in [5, 5.41) is 7.98. The number of carbonyl (C=O) groups excluding carboxylic acids is 2. The van der Waals surface area contributed by atoms with Gasteiger partial charge in [0.1, 0.15) is 0 Å². The van der Waals surface area contributed by atoms with Crippen molar-refractivity contribution in [3.8, 4) is 0 Å². The highest BCUT2D eigenvalue weighted by atomic mass is 16.2. The molecule has 0 bridgehead atoms. The molecule has 5 nitrogen and oxygen atoms in total. The lowest BCUT2D eigenvalue weighted by Crippen LogP contribution is -2.42. The van der Waals surface area contributed by atoms with Crippen LogP contribution in [0.3, 0.4) is 0 Å². The van der Waals surface area contributed by atoms with Gasteiger partial charge in [0.05, 0.1) is 6.54 Å². The predicted octanol–water partition coefficient (Wildman–Crippen LogP) is 2.63. The van der Waals surface area contributed by atoms with Gasteiger partial charge in [0.15, 0.2) is 0 Å². The SMILES string of the molecule is CCCNC(=O)NC(=O)CNc1ccccc1C(C)(C)C. The molecule has 1 aromatic carbocycles. The van der Waals surface area contributed by atoms with E-state index in [2.05, 4.69) is 36.7 Å². The van der Waals surface area contributed by atoms with Crippen LogP contribution in [0.15, 0.2) is 24.3 Å². The molecule has 0 atom stereocenters. The number of nitrogens with one attached hydrogen (secondary N) is 3. The van der Waals surface area contributed by atoms with E-state index in [1.807, 2.05) is 31.2 Å². The minimum atomic E-state index is -0.451. The Morgan fingerprint density at radius 1 is 1.14 bits per heavy atom. The molecule has 0 radical (unpaired) electrons. The number of rotatable bonds is 5. The van der Waals surface area contributed by atoms with Crippen LogP contribution < -0.4 is 16.0 Å². The molecule has 0 aliphatic carbocycles. The Morgan fingerprint density at radius 2 is 1.81 bits per heavy atom. The van der Waals surface area contributed by atoms with E-state index in [4.69, 9.17) is 0 Å². The van der Waals surface area contributed by atoms with E-state index in [1.54, 1.807) is 0 Å². The van der Waals surface area contributed by atoms with Crippen molar-refractivity contribution in [2.75, 3.05) is 18.4 Å². The normalized spacial score (nSPS) is 10.9. The van der Waals surface area contributed by atoms with E-state index in [9.17, 15) is 9.59 Å². The molecule has 0 aromatic heterocycles. The van der Waals surface area contributed by atoms with Crippen LogP contribution in [0, 0.1) is 0 Å². The maximum Gasteiger partial charge on any atom is 0.321 e. The Morgan fingerprint density at radius 3 is 2.43 bits per heavy atom. The first kappa shape index (κ1) is 17.0. The fourth-order valence-corrected chi connectivity index (χ4v) is 1.92. The molecule has 21 heavy (non-hydrogen) atoms. The molecule has 0 saturated heterocycles. The zero-order valence-corrected chi connectivity index (χ0v) is 13.2. The van der Waals surface area contributed by atoms with Gasteiger partial charge >= 0.3 is 6.03 Å². The van der Waals surface area contributed by atoms with Gasteiger partial charge in [-0.15, -0.1) is 0 Å². The average molecular weight is 291 g/mol. The van der Waals surface area contributed by atoms with Gasteiger partial charge in [-0.05, 0) is 23.5 Å². The summed E-state index contributed by atoms with van der Waals surface area (Å²) in [7, 11) is 0. The highest BCUT2D eigenvalue weighted by Gasteiger charge is 2.17. The molecule has 1 rings (SSSR count). The summed E-state index contributed by atoms with van der Waals surface area (Å²) in [6.07, 6.45) is 0.832. The largest absolute Gasteiger partial charge is 0.376 e. The maximum absolute atomic E-state index is 11.7. The summed E-state index contributed by atoms with van der Waals surface area (Å²) in [5.41, 5.74) is 2.03. The van der Waals surface area contributed by atoms with Crippen molar-refractivity contribution in [1.82, 2.24) is 10.6 Å². The van der Waals surface area contributed by atoms with E-state index in [0.29, 0.717) is 6.54 Å². The molecule has 0 fully saturated rings. The minimum absolute atomic E-state index is 0.0153. The van der Waals surface area contributed by atoms with Gasteiger partial charge in [0.25, 0.3) is 0 Å². The monoisotopic (exact) mass is 291 g/mol. The van der Waals surface area contributed by atoms with E-state index >= 15 is 0 Å². The molecule has 0 heterocycles. The van der Waals surface area contributed by atoms with Gasteiger partial charge in [0.2, 0.25) is 5.91 Å². The van der Waals surface area contributed by atoms with Crippen molar-refractivity contribution in [3.05, 3.63) is 29.8 Å². The lowest BCUT2D eigenvalue weighted by Gasteiger charge is -2.23. The average Bonchev–Trinajstić information content (AvgIpc) is 2.42. The second-order valence-electron chi connectivity index (χ2n) is 5.95. The summed E-state index contributed by atoms with van der Waals surface area (Å²) >= 11 is 0. The van der Waals surface area contributed by atoms with Crippen LogP contribution in [0.1, 0.15) is 39.7 Å². The van der Waals surface area contributed by atoms with Gasteiger partial charge in [-0.25, -0.2) is 4.79 Å². The number of amides is 3. The smallest absolute Gasteiger partial charge is 0.321 e. The van der Waals surface area contributed by atoms with Crippen LogP contribution in [0.25, 0.3) is 0 Å². The number of hydrogen-bond donors (Lipinski definition) is 3. The van der Waals surface area contributed by atoms with Crippen LogP contribution in [0.5, 0.6) is 0 Å². The van der Waals surface area contributed by atoms with Crippen LogP contribution in [-0.4, -0.2) is 25.0 Å². The van der Waals surface area contributed by atoms with Crippen molar-refractivity contribution in [2.24, 2.45) is 0 Å². The van der Waals surface area contributed by atoms with Crippen molar-refractivity contribution in [1.29, 1.82) is 0 Å². The standard InChI is InChI=1S/C16H25N3O2/c1-5-10-17-15(21)19-14(20)11-18-13-9-7-6-8-12(13)16(2,3)4/h6-9,18H,5,10-11H2,1-4H3,(H2,17,19,20,21). The number of imide groups is 1. The lowest BCUT2D eigenvalue weighted by atomic mass is 9.86. The molecule has 3 N–H and O–H groups in total. The first-order valence-corrected chi connectivity index (χ1v) is 7.25. The van der Waals surface area contributed by atoms with Crippen molar-refractivity contribution >= 4 is 17.6 Å². The highest BCUT2D eigenvalue weighted by molar-refractivity contribution is 5.96.